The van der Waals surface area contributed by atoms with E-state index >= 15 is 0 Å². The Kier molecular flexibility index (Phi) is 6.71. The molecule has 0 aromatic heterocycles. The fraction of sp³-hybridized carbons (Fsp3) is 0.300. The maximum absolute atomic E-state index is 12.2. The van der Waals surface area contributed by atoms with Crippen LogP contribution in [0, 0.1) is 6.92 Å². The van der Waals surface area contributed by atoms with Crippen LogP contribution in [0.5, 0.6) is 0 Å². The molecule has 0 spiro atoms. The van der Waals surface area contributed by atoms with E-state index in [0.717, 1.165) is 16.8 Å². The van der Waals surface area contributed by atoms with Crippen LogP contribution < -0.4 is 10.6 Å². The summed E-state index contributed by atoms with van der Waals surface area (Å²) >= 11 is 0. The first kappa shape index (κ1) is 18.7. The molecule has 0 aliphatic rings. The lowest BCUT2D eigenvalue weighted by Gasteiger charge is -2.17. The van der Waals surface area contributed by atoms with Gasteiger partial charge in [0.15, 0.2) is 0 Å². The number of carbonyl (C=O) groups excluding carboxylic acids is 2. The van der Waals surface area contributed by atoms with Gasteiger partial charge in [0.05, 0.1) is 6.54 Å². The number of benzene rings is 2. The Morgan fingerprint density at radius 1 is 1.00 bits per heavy atom. The molecule has 2 rings (SSSR count). The largest absolute Gasteiger partial charge is 0.326 e. The molecular formula is C20H25N3O2. The molecule has 0 unspecified atom stereocenters. The summed E-state index contributed by atoms with van der Waals surface area (Å²) in [7, 11) is 1.91. The number of carbonyl (C=O) groups is 2. The molecule has 2 N–H and O–H groups in total. The zero-order valence-electron chi connectivity index (χ0n) is 15.0. The molecule has 2 aromatic rings. The van der Waals surface area contributed by atoms with Gasteiger partial charge in [0.25, 0.3) is 0 Å². The molecule has 0 saturated carbocycles. The molecule has 2 amide bonds. The van der Waals surface area contributed by atoms with E-state index in [2.05, 4.69) is 10.6 Å². The van der Waals surface area contributed by atoms with E-state index in [4.69, 9.17) is 0 Å². The Hall–Kier alpha value is -2.66. The van der Waals surface area contributed by atoms with Crippen LogP contribution in [-0.2, 0) is 16.1 Å². The molecular weight excluding hydrogens is 314 g/mol. The van der Waals surface area contributed by atoms with Crippen LogP contribution >= 0.6 is 0 Å². The molecule has 0 radical (unpaired) electrons. The summed E-state index contributed by atoms with van der Waals surface area (Å²) in [5, 5.41) is 5.73. The molecule has 25 heavy (non-hydrogen) atoms. The maximum atomic E-state index is 12.2. The SMILES string of the molecule is CCC(=O)Nc1cc(NC(=O)CN(C)Cc2ccccc2)ccc1C. The number of hydrogen-bond donors (Lipinski definition) is 2. The molecule has 0 bridgehead atoms. The number of amides is 2. The Morgan fingerprint density at radius 3 is 2.40 bits per heavy atom. The minimum atomic E-state index is -0.0879. The van der Waals surface area contributed by atoms with Crippen LogP contribution in [0.2, 0.25) is 0 Å². The smallest absolute Gasteiger partial charge is 0.238 e. The highest BCUT2D eigenvalue weighted by Gasteiger charge is 2.09. The van der Waals surface area contributed by atoms with Crippen molar-refractivity contribution in [2.75, 3.05) is 24.2 Å². The number of anilines is 2. The standard InChI is InChI=1S/C20H25N3O2/c1-4-19(24)22-18-12-17(11-10-15(18)2)21-20(25)14-23(3)13-16-8-6-5-7-9-16/h5-12H,4,13-14H2,1-3H3,(H,21,25)(H,22,24). The highest BCUT2D eigenvalue weighted by Crippen LogP contribution is 2.20. The van der Waals surface area contributed by atoms with Crippen molar-refractivity contribution in [3.8, 4) is 0 Å². The van der Waals surface area contributed by atoms with E-state index in [1.807, 2.05) is 61.3 Å². The topological polar surface area (TPSA) is 61.4 Å². The van der Waals surface area contributed by atoms with Crippen LogP contribution in [-0.4, -0.2) is 30.3 Å². The van der Waals surface area contributed by atoms with Crippen molar-refractivity contribution in [3.05, 3.63) is 59.7 Å². The summed E-state index contributed by atoms with van der Waals surface area (Å²) in [6.07, 6.45) is 0.417. The van der Waals surface area contributed by atoms with Crippen LogP contribution in [0.4, 0.5) is 11.4 Å². The Morgan fingerprint density at radius 2 is 1.72 bits per heavy atom. The van der Waals surface area contributed by atoms with Gasteiger partial charge in [-0.05, 0) is 37.2 Å². The molecule has 132 valence electrons. The van der Waals surface area contributed by atoms with Crippen LogP contribution in [0.15, 0.2) is 48.5 Å². The van der Waals surface area contributed by atoms with Crippen molar-refractivity contribution < 1.29 is 9.59 Å². The van der Waals surface area contributed by atoms with E-state index in [-0.39, 0.29) is 11.8 Å². The van der Waals surface area contributed by atoms with Crippen LogP contribution in [0.1, 0.15) is 24.5 Å². The van der Waals surface area contributed by atoms with Gasteiger partial charge in [-0.1, -0.05) is 43.3 Å². The third-order valence-corrected chi connectivity index (χ3v) is 3.83. The lowest BCUT2D eigenvalue weighted by molar-refractivity contribution is -0.117. The summed E-state index contributed by atoms with van der Waals surface area (Å²) in [5.74, 6) is -0.135. The second kappa shape index (κ2) is 8.99. The average Bonchev–Trinajstić information content (AvgIpc) is 2.58. The summed E-state index contributed by atoms with van der Waals surface area (Å²) in [6, 6.07) is 15.5. The minimum Gasteiger partial charge on any atom is -0.326 e. The van der Waals surface area contributed by atoms with Crippen molar-refractivity contribution in [1.82, 2.24) is 4.90 Å². The number of nitrogens with one attached hydrogen (secondary N) is 2. The molecule has 0 saturated heterocycles. The molecule has 0 aliphatic carbocycles. The molecule has 0 fully saturated rings. The van der Waals surface area contributed by atoms with Gasteiger partial charge in [-0.25, -0.2) is 0 Å². The molecule has 0 aliphatic heterocycles. The van der Waals surface area contributed by atoms with Crippen molar-refractivity contribution in [1.29, 1.82) is 0 Å². The van der Waals surface area contributed by atoms with E-state index in [0.29, 0.717) is 25.2 Å². The molecule has 0 atom stereocenters. The Balaban J connectivity index is 1.93. The summed E-state index contributed by atoms with van der Waals surface area (Å²) < 4.78 is 0. The summed E-state index contributed by atoms with van der Waals surface area (Å²) in [4.78, 5) is 25.8. The zero-order chi connectivity index (χ0) is 18.2. The van der Waals surface area contributed by atoms with Gasteiger partial charge in [-0.15, -0.1) is 0 Å². The first-order valence-electron chi connectivity index (χ1n) is 8.40. The fourth-order valence-electron chi connectivity index (χ4n) is 2.47. The average molecular weight is 339 g/mol. The van der Waals surface area contributed by atoms with Gasteiger partial charge < -0.3 is 10.6 Å². The van der Waals surface area contributed by atoms with Crippen LogP contribution in [0.3, 0.4) is 0 Å². The van der Waals surface area contributed by atoms with Gasteiger partial charge in [-0.2, -0.15) is 0 Å². The number of nitrogens with zero attached hydrogens (tertiary/aromatic N) is 1. The first-order chi connectivity index (χ1) is 12.0. The Labute approximate surface area is 149 Å². The van der Waals surface area contributed by atoms with E-state index in [1.165, 1.54) is 0 Å². The van der Waals surface area contributed by atoms with E-state index < -0.39 is 0 Å². The van der Waals surface area contributed by atoms with Crippen LogP contribution in [0.25, 0.3) is 0 Å². The van der Waals surface area contributed by atoms with Crippen molar-refractivity contribution in [2.24, 2.45) is 0 Å². The van der Waals surface area contributed by atoms with E-state index in [9.17, 15) is 9.59 Å². The number of hydrogen-bond acceptors (Lipinski definition) is 3. The zero-order valence-corrected chi connectivity index (χ0v) is 15.0. The monoisotopic (exact) mass is 339 g/mol. The predicted octanol–water partition coefficient (Wildman–Crippen LogP) is 3.41. The third kappa shape index (κ3) is 6.04. The summed E-state index contributed by atoms with van der Waals surface area (Å²) in [6.45, 7) is 4.72. The fourth-order valence-corrected chi connectivity index (χ4v) is 2.47. The lowest BCUT2D eigenvalue weighted by Crippen LogP contribution is -2.29. The molecule has 2 aromatic carbocycles. The normalized spacial score (nSPS) is 10.6. The number of rotatable bonds is 7. The van der Waals surface area contributed by atoms with Gasteiger partial charge >= 0.3 is 0 Å². The van der Waals surface area contributed by atoms with Gasteiger partial charge in [0.1, 0.15) is 0 Å². The summed E-state index contributed by atoms with van der Waals surface area (Å²) in [5.41, 5.74) is 3.52. The number of likely N-dealkylation sites (N-methyl/N-ethyl adjacent to an activating group) is 1. The second-order valence-electron chi connectivity index (χ2n) is 6.14. The highest BCUT2D eigenvalue weighted by molar-refractivity contribution is 5.95. The van der Waals surface area contributed by atoms with E-state index in [1.54, 1.807) is 13.0 Å². The molecule has 5 nitrogen and oxygen atoms in total. The van der Waals surface area contributed by atoms with Gasteiger partial charge in [0.2, 0.25) is 11.8 Å². The van der Waals surface area contributed by atoms with Gasteiger partial charge in [0, 0.05) is 24.3 Å². The number of aryl methyl sites for hydroxylation is 1. The van der Waals surface area contributed by atoms with Gasteiger partial charge in [-0.3, -0.25) is 14.5 Å². The quantitative estimate of drug-likeness (QED) is 0.812. The lowest BCUT2D eigenvalue weighted by atomic mass is 10.1. The second-order valence-corrected chi connectivity index (χ2v) is 6.14. The Bertz CT molecular complexity index is 729. The predicted molar refractivity (Wildman–Crippen MR) is 102 cm³/mol. The van der Waals surface area contributed by atoms with Crippen molar-refractivity contribution in [2.45, 2.75) is 26.8 Å². The molecule has 5 heteroatoms. The first-order valence-corrected chi connectivity index (χ1v) is 8.40. The molecule has 0 heterocycles. The third-order valence-electron chi connectivity index (χ3n) is 3.83. The maximum Gasteiger partial charge on any atom is 0.238 e. The minimum absolute atomic E-state index is 0.0471. The van der Waals surface area contributed by atoms with Crippen molar-refractivity contribution in [3.63, 3.8) is 0 Å². The van der Waals surface area contributed by atoms with Crippen molar-refractivity contribution >= 4 is 23.2 Å². The highest BCUT2D eigenvalue weighted by atomic mass is 16.2.